The summed E-state index contributed by atoms with van der Waals surface area (Å²) in [6.07, 6.45) is 5.17. The van der Waals surface area contributed by atoms with Crippen molar-refractivity contribution in [1.29, 1.82) is 0 Å². The van der Waals surface area contributed by atoms with E-state index in [1.807, 2.05) is 0 Å². The number of hydrogen-bond donors (Lipinski definition) is 0. The third kappa shape index (κ3) is 2.40. The van der Waals surface area contributed by atoms with Crippen molar-refractivity contribution >= 4 is 0 Å². The van der Waals surface area contributed by atoms with Crippen LogP contribution in [-0.4, -0.2) is 0 Å². The molecule has 2 unspecified atom stereocenters. The van der Waals surface area contributed by atoms with Crippen LogP contribution >= 0.6 is 0 Å². The first-order chi connectivity index (χ1) is 9.62. The third-order valence-electron chi connectivity index (χ3n) is 5.18. The highest BCUT2D eigenvalue weighted by atomic mass is 14.4. The molecule has 0 aliphatic heterocycles. The summed E-state index contributed by atoms with van der Waals surface area (Å²) in [5.74, 6) is 0. The fourth-order valence-electron chi connectivity index (χ4n) is 4.08. The van der Waals surface area contributed by atoms with Gasteiger partial charge in [-0.25, -0.2) is 0 Å². The zero-order chi connectivity index (χ0) is 14.1. The minimum absolute atomic E-state index is 0.310. The minimum atomic E-state index is 0.310. The maximum Gasteiger partial charge on any atom is -0.00669 e. The lowest BCUT2D eigenvalue weighted by molar-refractivity contribution is 0.212. The number of hydrogen-bond acceptors (Lipinski definition) is 0. The van der Waals surface area contributed by atoms with E-state index >= 15 is 0 Å². The van der Waals surface area contributed by atoms with Crippen molar-refractivity contribution in [2.45, 2.75) is 50.4 Å². The average molecular weight is 264 g/mol. The lowest BCUT2D eigenvalue weighted by Gasteiger charge is -2.45. The van der Waals surface area contributed by atoms with E-state index in [2.05, 4.69) is 74.5 Å². The van der Waals surface area contributed by atoms with Gasteiger partial charge in [0.2, 0.25) is 0 Å². The van der Waals surface area contributed by atoms with E-state index in [4.69, 9.17) is 0 Å². The zero-order valence-electron chi connectivity index (χ0n) is 12.6. The Bertz CT molecular complexity index is 506. The molecule has 0 bridgehead atoms. The van der Waals surface area contributed by atoms with Crippen molar-refractivity contribution < 1.29 is 0 Å². The Labute approximate surface area is 122 Å². The molecule has 0 aromatic heterocycles. The molecule has 2 atom stereocenters. The van der Waals surface area contributed by atoms with Gasteiger partial charge in [-0.3, -0.25) is 0 Å². The Hall–Kier alpha value is -1.56. The van der Waals surface area contributed by atoms with Crippen molar-refractivity contribution in [1.82, 2.24) is 0 Å². The fourth-order valence-corrected chi connectivity index (χ4v) is 4.08. The molecule has 0 heterocycles. The first-order valence-electron chi connectivity index (χ1n) is 7.74. The lowest BCUT2D eigenvalue weighted by atomic mass is 9.59. The molecule has 1 saturated carbocycles. The standard InChI is InChI=1S/C20H24/c1-19(17-10-5-3-6-11-17)14-9-15-20(2,16-19)18-12-7-4-8-13-18/h3-8,10-13H,9,14-16H2,1-2H3. The maximum atomic E-state index is 2.45. The van der Waals surface area contributed by atoms with Gasteiger partial charge in [0.15, 0.2) is 0 Å². The van der Waals surface area contributed by atoms with Gasteiger partial charge in [-0.1, -0.05) is 80.9 Å². The summed E-state index contributed by atoms with van der Waals surface area (Å²) in [5, 5.41) is 0. The first-order valence-corrected chi connectivity index (χ1v) is 7.74. The van der Waals surface area contributed by atoms with E-state index in [1.165, 1.54) is 36.8 Å². The van der Waals surface area contributed by atoms with Crippen LogP contribution in [0.5, 0.6) is 0 Å². The van der Waals surface area contributed by atoms with Gasteiger partial charge in [0, 0.05) is 0 Å². The Morgan fingerprint density at radius 3 is 1.45 bits per heavy atom. The van der Waals surface area contributed by atoms with Gasteiger partial charge in [0.25, 0.3) is 0 Å². The van der Waals surface area contributed by atoms with Crippen LogP contribution in [0.1, 0.15) is 50.7 Å². The Balaban J connectivity index is 1.94. The molecule has 0 spiro atoms. The Morgan fingerprint density at radius 1 is 0.650 bits per heavy atom. The first kappa shape index (κ1) is 13.4. The van der Waals surface area contributed by atoms with Crippen LogP contribution in [0.4, 0.5) is 0 Å². The SMILES string of the molecule is CC1(c2ccccc2)CCCC(C)(c2ccccc2)C1. The second-order valence-corrected chi connectivity index (χ2v) is 6.88. The monoisotopic (exact) mass is 264 g/mol. The highest BCUT2D eigenvalue weighted by Crippen LogP contribution is 2.49. The van der Waals surface area contributed by atoms with Crippen LogP contribution in [-0.2, 0) is 10.8 Å². The van der Waals surface area contributed by atoms with E-state index in [-0.39, 0.29) is 0 Å². The molecule has 1 aliphatic rings. The van der Waals surface area contributed by atoms with Gasteiger partial charge in [-0.15, -0.1) is 0 Å². The van der Waals surface area contributed by atoms with Crippen molar-refractivity contribution in [3.63, 3.8) is 0 Å². The summed E-state index contributed by atoms with van der Waals surface area (Å²) in [5.41, 5.74) is 3.62. The molecular weight excluding hydrogens is 240 g/mol. The van der Waals surface area contributed by atoms with Crippen molar-refractivity contribution in [3.8, 4) is 0 Å². The lowest BCUT2D eigenvalue weighted by Crippen LogP contribution is -2.38. The van der Waals surface area contributed by atoms with E-state index in [9.17, 15) is 0 Å². The van der Waals surface area contributed by atoms with Gasteiger partial charge in [0.05, 0.1) is 0 Å². The highest BCUT2D eigenvalue weighted by molar-refractivity contribution is 5.31. The van der Waals surface area contributed by atoms with Crippen LogP contribution in [0.15, 0.2) is 60.7 Å². The van der Waals surface area contributed by atoms with Crippen LogP contribution < -0.4 is 0 Å². The predicted octanol–water partition coefficient (Wildman–Crippen LogP) is 5.48. The smallest absolute Gasteiger partial charge is 0.00669 e. The molecule has 0 nitrogen and oxygen atoms in total. The van der Waals surface area contributed by atoms with Crippen molar-refractivity contribution in [3.05, 3.63) is 71.8 Å². The molecule has 104 valence electrons. The van der Waals surface area contributed by atoms with Gasteiger partial charge in [-0.05, 0) is 41.2 Å². The van der Waals surface area contributed by atoms with E-state index in [0.717, 1.165) is 0 Å². The summed E-state index contributed by atoms with van der Waals surface area (Å²) in [4.78, 5) is 0. The largest absolute Gasteiger partial charge is 0.0622 e. The highest BCUT2D eigenvalue weighted by Gasteiger charge is 2.40. The van der Waals surface area contributed by atoms with Gasteiger partial charge in [0.1, 0.15) is 0 Å². The third-order valence-corrected chi connectivity index (χ3v) is 5.18. The number of benzene rings is 2. The minimum Gasteiger partial charge on any atom is -0.0622 e. The summed E-state index contributed by atoms with van der Waals surface area (Å²) in [6, 6.07) is 22.1. The van der Waals surface area contributed by atoms with E-state index in [1.54, 1.807) is 0 Å². The molecule has 2 aromatic carbocycles. The zero-order valence-corrected chi connectivity index (χ0v) is 12.6. The van der Waals surface area contributed by atoms with Crippen molar-refractivity contribution in [2.75, 3.05) is 0 Å². The number of rotatable bonds is 2. The van der Waals surface area contributed by atoms with E-state index < -0.39 is 0 Å². The maximum absolute atomic E-state index is 2.45. The quantitative estimate of drug-likeness (QED) is 0.674. The second kappa shape index (κ2) is 5.09. The Kier molecular flexibility index (Phi) is 3.41. The molecule has 0 radical (unpaired) electrons. The average Bonchev–Trinajstić information content (AvgIpc) is 2.49. The summed E-state index contributed by atoms with van der Waals surface area (Å²) >= 11 is 0. The Morgan fingerprint density at radius 2 is 1.05 bits per heavy atom. The topological polar surface area (TPSA) is 0 Å². The molecule has 3 rings (SSSR count). The second-order valence-electron chi connectivity index (χ2n) is 6.88. The normalized spacial score (nSPS) is 30.1. The molecule has 20 heavy (non-hydrogen) atoms. The van der Waals surface area contributed by atoms with Crippen LogP contribution in [0, 0.1) is 0 Å². The molecule has 0 amide bonds. The summed E-state index contributed by atoms with van der Waals surface area (Å²) in [6.45, 7) is 4.89. The molecule has 0 N–H and O–H groups in total. The van der Waals surface area contributed by atoms with Crippen molar-refractivity contribution in [2.24, 2.45) is 0 Å². The van der Waals surface area contributed by atoms with E-state index in [0.29, 0.717) is 10.8 Å². The van der Waals surface area contributed by atoms with Gasteiger partial charge in [-0.2, -0.15) is 0 Å². The van der Waals surface area contributed by atoms with Gasteiger partial charge >= 0.3 is 0 Å². The molecule has 0 heteroatoms. The molecule has 2 aromatic rings. The van der Waals surface area contributed by atoms with Crippen LogP contribution in [0.25, 0.3) is 0 Å². The van der Waals surface area contributed by atoms with Crippen LogP contribution in [0.3, 0.4) is 0 Å². The van der Waals surface area contributed by atoms with Gasteiger partial charge < -0.3 is 0 Å². The molecule has 1 aliphatic carbocycles. The summed E-state index contributed by atoms with van der Waals surface area (Å²) < 4.78 is 0. The fraction of sp³-hybridized carbons (Fsp3) is 0.400. The predicted molar refractivity (Wildman–Crippen MR) is 86.1 cm³/mol. The molecular formula is C20H24. The van der Waals surface area contributed by atoms with Crippen LogP contribution in [0.2, 0.25) is 0 Å². The summed E-state index contributed by atoms with van der Waals surface area (Å²) in [7, 11) is 0. The molecule has 1 fully saturated rings. The molecule has 0 saturated heterocycles.